The van der Waals surface area contributed by atoms with Crippen LogP contribution in [0.5, 0.6) is 5.75 Å². The molecule has 3 nitrogen and oxygen atoms in total. The molecule has 1 aromatic heterocycles. The normalized spacial score (nSPS) is 18.9. The van der Waals surface area contributed by atoms with Crippen LogP contribution in [0.4, 0.5) is 0 Å². The molecule has 3 rings (SSSR count). The summed E-state index contributed by atoms with van der Waals surface area (Å²) in [4.78, 5) is 7.46. The number of para-hydroxylation sites is 1. The summed E-state index contributed by atoms with van der Waals surface area (Å²) in [5.41, 5.74) is 2.67. The van der Waals surface area contributed by atoms with Gasteiger partial charge in [-0.3, -0.25) is 4.90 Å². The zero-order valence-corrected chi connectivity index (χ0v) is 16.0. The van der Waals surface area contributed by atoms with Gasteiger partial charge in [0.1, 0.15) is 5.75 Å². The molecule has 0 unspecified atom stereocenters. The lowest BCUT2D eigenvalue weighted by atomic mass is 9.98. The van der Waals surface area contributed by atoms with E-state index >= 15 is 0 Å². The summed E-state index contributed by atoms with van der Waals surface area (Å²) in [5, 5.41) is 3.47. The summed E-state index contributed by atoms with van der Waals surface area (Å²) in [5.74, 6) is 1.01. The molecule has 2 aromatic rings. The first kappa shape index (κ1) is 17.4. The number of benzene rings is 1. The van der Waals surface area contributed by atoms with E-state index in [0.29, 0.717) is 6.04 Å². The minimum absolute atomic E-state index is 0.144. The second kappa shape index (κ2) is 7.24. The van der Waals surface area contributed by atoms with Crippen LogP contribution in [0.3, 0.4) is 0 Å². The van der Waals surface area contributed by atoms with Crippen LogP contribution < -0.4 is 4.74 Å². The SMILES string of the molecule is COc1ccccc1C[C@H]1CCCN1Cc1csc(C(C)(C)C)n1. The number of rotatable bonds is 5. The minimum atomic E-state index is 0.144. The molecule has 0 N–H and O–H groups in total. The highest BCUT2D eigenvalue weighted by Gasteiger charge is 2.27. The maximum absolute atomic E-state index is 5.52. The number of aromatic nitrogens is 1. The second-order valence-electron chi connectivity index (χ2n) is 7.68. The van der Waals surface area contributed by atoms with Crippen LogP contribution in [0.1, 0.15) is 49.9 Å². The monoisotopic (exact) mass is 344 g/mol. The Labute approximate surface area is 149 Å². The molecule has 1 saturated heterocycles. The lowest BCUT2D eigenvalue weighted by Gasteiger charge is -2.24. The summed E-state index contributed by atoms with van der Waals surface area (Å²) in [6, 6.07) is 8.98. The lowest BCUT2D eigenvalue weighted by molar-refractivity contribution is 0.240. The van der Waals surface area contributed by atoms with E-state index in [9.17, 15) is 0 Å². The van der Waals surface area contributed by atoms with Crippen molar-refractivity contribution in [3.63, 3.8) is 0 Å². The van der Waals surface area contributed by atoms with Crippen LogP contribution >= 0.6 is 11.3 Å². The maximum Gasteiger partial charge on any atom is 0.122 e. The summed E-state index contributed by atoms with van der Waals surface area (Å²) in [6.45, 7) is 8.83. The number of likely N-dealkylation sites (tertiary alicyclic amines) is 1. The molecule has 0 spiro atoms. The van der Waals surface area contributed by atoms with E-state index in [4.69, 9.17) is 9.72 Å². The van der Waals surface area contributed by atoms with Gasteiger partial charge in [0, 0.05) is 23.4 Å². The zero-order valence-electron chi connectivity index (χ0n) is 15.2. The van der Waals surface area contributed by atoms with Gasteiger partial charge < -0.3 is 4.74 Å². The van der Waals surface area contributed by atoms with Crippen molar-refractivity contribution in [3.05, 3.63) is 45.9 Å². The number of nitrogens with zero attached hydrogens (tertiary/aromatic N) is 2. The van der Waals surface area contributed by atoms with Crippen molar-refractivity contribution in [3.8, 4) is 5.75 Å². The molecule has 4 heteroatoms. The number of methoxy groups -OCH3 is 1. The molecular formula is C20H28N2OS. The van der Waals surface area contributed by atoms with Crippen molar-refractivity contribution >= 4 is 11.3 Å². The third-order valence-electron chi connectivity index (χ3n) is 4.71. The predicted octanol–water partition coefficient (Wildman–Crippen LogP) is 4.66. The van der Waals surface area contributed by atoms with Crippen molar-refractivity contribution in [2.75, 3.05) is 13.7 Å². The van der Waals surface area contributed by atoms with Gasteiger partial charge in [-0.15, -0.1) is 11.3 Å². The van der Waals surface area contributed by atoms with Crippen molar-refractivity contribution in [2.24, 2.45) is 0 Å². The van der Waals surface area contributed by atoms with Gasteiger partial charge in [-0.2, -0.15) is 0 Å². The fraction of sp³-hybridized carbons (Fsp3) is 0.550. The van der Waals surface area contributed by atoms with E-state index in [-0.39, 0.29) is 5.41 Å². The van der Waals surface area contributed by atoms with Gasteiger partial charge >= 0.3 is 0 Å². The van der Waals surface area contributed by atoms with Crippen LogP contribution in [0.15, 0.2) is 29.6 Å². The van der Waals surface area contributed by atoms with Crippen LogP contribution in [-0.2, 0) is 18.4 Å². The van der Waals surface area contributed by atoms with Crippen LogP contribution in [0, 0.1) is 0 Å². The smallest absolute Gasteiger partial charge is 0.122 e. The third-order valence-corrected chi connectivity index (χ3v) is 6.02. The first-order valence-corrected chi connectivity index (χ1v) is 9.66. The Morgan fingerprint density at radius 3 is 2.79 bits per heavy atom. The van der Waals surface area contributed by atoms with E-state index < -0.39 is 0 Å². The molecule has 1 aliphatic rings. The molecule has 0 saturated carbocycles. The van der Waals surface area contributed by atoms with E-state index in [0.717, 1.165) is 18.7 Å². The number of thiazole rings is 1. The van der Waals surface area contributed by atoms with Gasteiger partial charge in [0.15, 0.2) is 0 Å². The topological polar surface area (TPSA) is 25.4 Å². The van der Waals surface area contributed by atoms with Crippen molar-refractivity contribution in [1.29, 1.82) is 0 Å². The first-order chi connectivity index (χ1) is 11.5. The van der Waals surface area contributed by atoms with E-state index in [1.807, 2.05) is 6.07 Å². The molecule has 2 heterocycles. The van der Waals surface area contributed by atoms with Gasteiger partial charge in [-0.05, 0) is 37.4 Å². The highest BCUT2D eigenvalue weighted by atomic mass is 32.1. The molecule has 0 radical (unpaired) electrons. The van der Waals surface area contributed by atoms with Gasteiger partial charge in [0.05, 0.1) is 17.8 Å². The molecule has 130 valence electrons. The molecule has 0 aliphatic carbocycles. The summed E-state index contributed by atoms with van der Waals surface area (Å²) in [7, 11) is 1.76. The second-order valence-corrected chi connectivity index (χ2v) is 8.53. The van der Waals surface area contributed by atoms with E-state index in [1.54, 1.807) is 18.4 Å². The van der Waals surface area contributed by atoms with Crippen molar-refractivity contribution < 1.29 is 4.74 Å². The molecule has 1 fully saturated rings. The predicted molar refractivity (Wildman–Crippen MR) is 101 cm³/mol. The minimum Gasteiger partial charge on any atom is -0.496 e. The fourth-order valence-electron chi connectivity index (χ4n) is 3.39. The summed E-state index contributed by atoms with van der Waals surface area (Å²) < 4.78 is 5.52. The first-order valence-electron chi connectivity index (χ1n) is 8.78. The van der Waals surface area contributed by atoms with Gasteiger partial charge in [0.2, 0.25) is 0 Å². The van der Waals surface area contributed by atoms with E-state index in [2.05, 4.69) is 49.3 Å². The number of ether oxygens (including phenoxy) is 1. The third kappa shape index (κ3) is 3.98. The standard InChI is InChI=1S/C20H28N2OS/c1-20(2,3)19-21-16(14-24-19)13-22-11-7-9-17(22)12-15-8-5-6-10-18(15)23-4/h5-6,8,10,14,17H,7,9,11-13H2,1-4H3/t17-/m1/s1. The molecule has 1 aromatic carbocycles. The zero-order chi connectivity index (χ0) is 17.2. The Balaban J connectivity index is 1.68. The largest absolute Gasteiger partial charge is 0.496 e. The van der Waals surface area contributed by atoms with Crippen molar-refractivity contribution in [2.45, 2.75) is 58.0 Å². The quantitative estimate of drug-likeness (QED) is 0.789. The highest BCUT2D eigenvalue weighted by Crippen LogP contribution is 2.29. The van der Waals surface area contributed by atoms with Gasteiger partial charge in [-0.1, -0.05) is 39.0 Å². The lowest BCUT2D eigenvalue weighted by Crippen LogP contribution is -2.31. The van der Waals surface area contributed by atoms with Crippen molar-refractivity contribution in [1.82, 2.24) is 9.88 Å². The molecule has 24 heavy (non-hydrogen) atoms. The highest BCUT2D eigenvalue weighted by molar-refractivity contribution is 7.09. The van der Waals surface area contributed by atoms with Gasteiger partial charge in [-0.25, -0.2) is 4.98 Å². The Kier molecular flexibility index (Phi) is 5.26. The molecule has 1 atom stereocenters. The number of hydrogen-bond donors (Lipinski definition) is 0. The number of hydrogen-bond acceptors (Lipinski definition) is 4. The Hall–Kier alpha value is -1.39. The van der Waals surface area contributed by atoms with Crippen LogP contribution in [-0.4, -0.2) is 29.6 Å². The fourth-order valence-corrected chi connectivity index (χ4v) is 4.29. The Bertz CT molecular complexity index is 674. The summed E-state index contributed by atoms with van der Waals surface area (Å²) >= 11 is 1.79. The van der Waals surface area contributed by atoms with Gasteiger partial charge in [0.25, 0.3) is 0 Å². The average molecular weight is 345 g/mol. The van der Waals surface area contributed by atoms with Crippen LogP contribution in [0.2, 0.25) is 0 Å². The maximum atomic E-state index is 5.52. The molecule has 0 amide bonds. The molecule has 1 aliphatic heterocycles. The summed E-state index contributed by atoms with van der Waals surface area (Å²) in [6.07, 6.45) is 3.59. The Morgan fingerprint density at radius 2 is 2.08 bits per heavy atom. The van der Waals surface area contributed by atoms with Crippen LogP contribution in [0.25, 0.3) is 0 Å². The molecular weight excluding hydrogens is 316 g/mol. The average Bonchev–Trinajstić information content (AvgIpc) is 3.18. The molecule has 0 bridgehead atoms. The van der Waals surface area contributed by atoms with E-state index in [1.165, 1.54) is 35.7 Å². The Morgan fingerprint density at radius 1 is 1.29 bits per heavy atom.